The van der Waals surface area contributed by atoms with Crippen molar-refractivity contribution in [2.75, 3.05) is 33.0 Å². The molecule has 0 aromatic rings. The molecule has 1 heterocycles. The van der Waals surface area contributed by atoms with Crippen LogP contribution in [0.2, 0.25) is 0 Å². The van der Waals surface area contributed by atoms with Crippen LogP contribution in [0.25, 0.3) is 0 Å². The number of amides is 1. The van der Waals surface area contributed by atoms with E-state index in [1.807, 2.05) is 0 Å². The van der Waals surface area contributed by atoms with Gasteiger partial charge in [0.25, 0.3) is 0 Å². The van der Waals surface area contributed by atoms with Crippen molar-refractivity contribution >= 4 is 15.9 Å². The van der Waals surface area contributed by atoms with E-state index in [1.165, 1.54) is 11.4 Å². The fourth-order valence-corrected chi connectivity index (χ4v) is 2.04. The standard InChI is InChI=1S/C10H20N2O4S/c1-12(17(2,14)15)7-4-6-11-10(13)9-5-3-8-16-9/h9H,3-8H2,1-2H3,(H,11,13)/t9-/m1/s1. The van der Waals surface area contributed by atoms with Crippen LogP contribution in [0.5, 0.6) is 0 Å². The van der Waals surface area contributed by atoms with Crippen molar-refractivity contribution in [2.45, 2.75) is 25.4 Å². The third-order valence-electron chi connectivity index (χ3n) is 2.74. The molecule has 1 atom stereocenters. The summed E-state index contributed by atoms with van der Waals surface area (Å²) in [6.07, 6.45) is 3.15. The Labute approximate surface area is 102 Å². The highest BCUT2D eigenvalue weighted by molar-refractivity contribution is 7.88. The van der Waals surface area contributed by atoms with Gasteiger partial charge >= 0.3 is 0 Å². The molecule has 0 spiro atoms. The maximum atomic E-state index is 11.5. The predicted octanol–water partition coefficient (Wildman–Crippen LogP) is -0.437. The molecule has 1 aliphatic rings. The Kier molecular flexibility index (Phi) is 5.35. The minimum absolute atomic E-state index is 0.0930. The van der Waals surface area contributed by atoms with Gasteiger partial charge in [-0.05, 0) is 19.3 Å². The summed E-state index contributed by atoms with van der Waals surface area (Å²) >= 11 is 0. The summed E-state index contributed by atoms with van der Waals surface area (Å²) in [5, 5.41) is 2.75. The molecule has 1 rings (SSSR count). The number of nitrogens with zero attached hydrogens (tertiary/aromatic N) is 1. The first-order valence-corrected chi connectivity index (χ1v) is 7.56. The van der Waals surface area contributed by atoms with E-state index in [2.05, 4.69) is 5.32 Å². The topological polar surface area (TPSA) is 75.7 Å². The summed E-state index contributed by atoms with van der Waals surface area (Å²) in [5.74, 6) is -0.0930. The second-order valence-corrected chi connectivity index (χ2v) is 6.32. The Hall–Kier alpha value is -0.660. The van der Waals surface area contributed by atoms with Crippen molar-refractivity contribution < 1.29 is 17.9 Å². The van der Waals surface area contributed by atoms with E-state index in [9.17, 15) is 13.2 Å². The number of rotatable bonds is 6. The molecule has 1 amide bonds. The van der Waals surface area contributed by atoms with Gasteiger partial charge in [-0.3, -0.25) is 4.79 Å². The van der Waals surface area contributed by atoms with Gasteiger partial charge in [0.1, 0.15) is 6.10 Å². The first-order valence-electron chi connectivity index (χ1n) is 5.72. The second-order valence-electron chi connectivity index (χ2n) is 4.23. The molecule has 0 aromatic heterocycles. The van der Waals surface area contributed by atoms with E-state index in [0.717, 1.165) is 19.1 Å². The lowest BCUT2D eigenvalue weighted by atomic mass is 10.2. The minimum atomic E-state index is -3.12. The van der Waals surface area contributed by atoms with Gasteiger partial charge in [-0.2, -0.15) is 0 Å². The summed E-state index contributed by atoms with van der Waals surface area (Å²) in [7, 11) is -1.60. The van der Waals surface area contributed by atoms with Crippen molar-refractivity contribution in [1.82, 2.24) is 9.62 Å². The Morgan fingerprint density at radius 2 is 2.24 bits per heavy atom. The van der Waals surface area contributed by atoms with Crippen LogP contribution in [0.15, 0.2) is 0 Å². The fourth-order valence-electron chi connectivity index (χ4n) is 1.58. The molecule has 7 heteroatoms. The van der Waals surface area contributed by atoms with E-state index in [0.29, 0.717) is 26.1 Å². The largest absolute Gasteiger partial charge is 0.368 e. The molecule has 0 saturated carbocycles. The zero-order valence-electron chi connectivity index (χ0n) is 10.3. The smallest absolute Gasteiger partial charge is 0.249 e. The van der Waals surface area contributed by atoms with Crippen LogP contribution in [0.4, 0.5) is 0 Å². The average molecular weight is 264 g/mol. The molecule has 0 aromatic carbocycles. The van der Waals surface area contributed by atoms with Crippen LogP contribution in [0.3, 0.4) is 0 Å². The Morgan fingerprint density at radius 3 is 2.76 bits per heavy atom. The molecule has 1 aliphatic heterocycles. The third kappa shape index (κ3) is 5.01. The monoisotopic (exact) mass is 264 g/mol. The number of carbonyl (C=O) groups excluding carboxylic acids is 1. The summed E-state index contributed by atoms with van der Waals surface area (Å²) in [5.41, 5.74) is 0. The highest BCUT2D eigenvalue weighted by Gasteiger charge is 2.22. The normalized spacial score (nSPS) is 20.8. The summed E-state index contributed by atoms with van der Waals surface area (Å²) in [6, 6.07) is 0. The lowest BCUT2D eigenvalue weighted by Crippen LogP contribution is -2.36. The van der Waals surface area contributed by atoms with E-state index >= 15 is 0 Å². The van der Waals surface area contributed by atoms with Crippen LogP contribution < -0.4 is 5.32 Å². The number of nitrogens with one attached hydrogen (secondary N) is 1. The first-order chi connectivity index (χ1) is 7.91. The quantitative estimate of drug-likeness (QED) is 0.660. The molecular weight excluding hydrogens is 244 g/mol. The number of carbonyl (C=O) groups is 1. The summed E-state index contributed by atoms with van der Waals surface area (Å²) in [6.45, 7) is 1.53. The van der Waals surface area contributed by atoms with Crippen LogP contribution >= 0.6 is 0 Å². The summed E-state index contributed by atoms with van der Waals surface area (Å²) in [4.78, 5) is 11.5. The highest BCUT2D eigenvalue weighted by atomic mass is 32.2. The van der Waals surface area contributed by atoms with E-state index in [-0.39, 0.29) is 12.0 Å². The van der Waals surface area contributed by atoms with Gasteiger partial charge in [0, 0.05) is 26.7 Å². The van der Waals surface area contributed by atoms with E-state index in [4.69, 9.17) is 4.74 Å². The minimum Gasteiger partial charge on any atom is -0.368 e. The zero-order valence-corrected chi connectivity index (χ0v) is 11.1. The average Bonchev–Trinajstić information content (AvgIpc) is 2.75. The molecule has 0 unspecified atom stereocenters. The maximum absolute atomic E-state index is 11.5. The fraction of sp³-hybridized carbons (Fsp3) is 0.900. The maximum Gasteiger partial charge on any atom is 0.249 e. The molecule has 6 nitrogen and oxygen atoms in total. The first kappa shape index (κ1) is 14.4. The van der Waals surface area contributed by atoms with Crippen molar-refractivity contribution in [3.63, 3.8) is 0 Å². The van der Waals surface area contributed by atoms with Crippen molar-refractivity contribution in [1.29, 1.82) is 0 Å². The third-order valence-corrected chi connectivity index (χ3v) is 4.05. The van der Waals surface area contributed by atoms with E-state index < -0.39 is 10.0 Å². The molecule has 1 N–H and O–H groups in total. The number of hydrogen-bond acceptors (Lipinski definition) is 4. The lowest BCUT2D eigenvalue weighted by molar-refractivity contribution is -0.130. The van der Waals surface area contributed by atoms with E-state index in [1.54, 1.807) is 0 Å². The number of sulfonamides is 1. The zero-order chi connectivity index (χ0) is 12.9. The van der Waals surface area contributed by atoms with Gasteiger partial charge in [-0.15, -0.1) is 0 Å². The van der Waals surface area contributed by atoms with Crippen LogP contribution in [0, 0.1) is 0 Å². The van der Waals surface area contributed by atoms with Gasteiger partial charge < -0.3 is 10.1 Å². The SMILES string of the molecule is CN(CCCNC(=O)[C@H]1CCCO1)S(C)(=O)=O. The summed E-state index contributed by atoms with van der Waals surface area (Å²) < 4.78 is 28.7. The van der Waals surface area contributed by atoms with Crippen LogP contribution in [-0.4, -0.2) is 57.7 Å². The van der Waals surface area contributed by atoms with Crippen LogP contribution in [0.1, 0.15) is 19.3 Å². The number of hydrogen-bond donors (Lipinski definition) is 1. The Morgan fingerprint density at radius 1 is 1.53 bits per heavy atom. The Balaban J connectivity index is 2.13. The second kappa shape index (κ2) is 6.32. The van der Waals surface area contributed by atoms with Crippen molar-refractivity contribution in [3.05, 3.63) is 0 Å². The lowest BCUT2D eigenvalue weighted by Gasteiger charge is -2.14. The molecule has 17 heavy (non-hydrogen) atoms. The highest BCUT2D eigenvalue weighted by Crippen LogP contribution is 2.11. The van der Waals surface area contributed by atoms with Crippen LogP contribution in [-0.2, 0) is 19.6 Å². The Bertz CT molecular complexity index is 349. The van der Waals surface area contributed by atoms with Crippen molar-refractivity contribution in [2.24, 2.45) is 0 Å². The predicted molar refractivity (Wildman–Crippen MR) is 64.1 cm³/mol. The molecule has 0 bridgehead atoms. The van der Waals surface area contributed by atoms with Crippen molar-refractivity contribution in [3.8, 4) is 0 Å². The molecule has 1 saturated heterocycles. The number of ether oxygens (including phenoxy) is 1. The molecule has 0 radical (unpaired) electrons. The molecule has 1 fully saturated rings. The molecular formula is C10H20N2O4S. The molecule has 0 aliphatic carbocycles. The molecule has 100 valence electrons. The van der Waals surface area contributed by atoms with Gasteiger partial charge in [0.05, 0.1) is 6.26 Å². The van der Waals surface area contributed by atoms with Gasteiger partial charge in [0.15, 0.2) is 0 Å². The van der Waals surface area contributed by atoms with Gasteiger partial charge in [-0.25, -0.2) is 12.7 Å². The van der Waals surface area contributed by atoms with Gasteiger partial charge in [-0.1, -0.05) is 0 Å². The van der Waals surface area contributed by atoms with Gasteiger partial charge in [0.2, 0.25) is 15.9 Å².